The van der Waals surface area contributed by atoms with Crippen molar-refractivity contribution in [2.75, 3.05) is 0 Å². The van der Waals surface area contributed by atoms with Crippen LogP contribution in [0.1, 0.15) is 52.9 Å². The molecule has 0 saturated heterocycles. The molecule has 2 N–H and O–H groups in total. The minimum Gasteiger partial charge on any atom is -0.306 e. The molecule has 0 bridgehead atoms. The lowest BCUT2D eigenvalue weighted by atomic mass is 9.90. The van der Waals surface area contributed by atoms with E-state index in [0.717, 1.165) is 34.4 Å². The van der Waals surface area contributed by atoms with Gasteiger partial charge in [0.1, 0.15) is 12.0 Å². The number of nitrogens with two attached hydrogens (primary N) is 1. The molecule has 0 radical (unpaired) electrons. The minimum atomic E-state index is -0.537. The molecule has 1 unspecified atom stereocenters. The van der Waals surface area contributed by atoms with Crippen molar-refractivity contribution in [1.82, 2.24) is 0 Å². The molecule has 1 atom stereocenters. The zero-order valence-corrected chi connectivity index (χ0v) is 28.7. The monoisotopic (exact) mass is 657 g/mol. The Morgan fingerprint density at radius 1 is 0.608 bits per heavy atom. The predicted octanol–water partition coefficient (Wildman–Crippen LogP) is 11.7. The molecule has 3 heteroatoms. The SMILES string of the molecule is C/C(=N\C(Cc1ccccc1)=N/C(N)c1ccc(-c2cccc(C3=Cc4c(c5ccccc5c5ccccc45)C=CC3)c2)cc1)c1ccccc1. The highest BCUT2D eigenvalue weighted by molar-refractivity contribution is 6.16. The van der Waals surface area contributed by atoms with Gasteiger partial charge in [-0.15, -0.1) is 0 Å². The third-order valence-corrected chi connectivity index (χ3v) is 9.76. The molecule has 0 amide bonds. The highest BCUT2D eigenvalue weighted by Gasteiger charge is 2.15. The Bertz CT molecular complexity index is 2470. The van der Waals surface area contributed by atoms with E-state index in [1.807, 2.05) is 43.3 Å². The maximum Gasteiger partial charge on any atom is 0.130 e. The summed E-state index contributed by atoms with van der Waals surface area (Å²) in [5.74, 6) is 0.708. The first-order valence-electron chi connectivity index (χ1n) is 17.6. The molecular formula is C48H39N3. The fraction of sp³-hybridized carbons (Fsp3) is 0.0833. The molecule has 0 spiro atoms. The number of hydrogen-bond donors (Lipinski definition) is 1. The molecular weight excluding hydrogens is 619 g/mol. The Labute approximate surface area is 299 Å². The van der Waals surface area contributed by atoms with Crippen molar-refractivity contribution < 1.29 is 0 Å². The summed E-state index contributed by atoms with van der Waals surface area (Å²) in [7, 11) is 0. The minimum absolute atomic E-state index is 0.537. The standard InChI is InChI=1S/C48H39N3/c1-33(35-16-6-3-7-17-35)50-47(30-34-14-4-2-5-15-34)51-48(49)37-28-26-36(27-29-37)38-18-12-19-39(31-38)40-20-13-25-45-43-23-9-8-21-41(43)42-22-10-11-24-44(42)46(45)32-40/h2-19,21-29,31-32,48H,20,30,49H2,1H3/b50-33+,51-47-. The fourth-order valence-corrected chi connectivity index (χ4v) is 7.11. The molecule has 51 heavy (non-hydrogen) atoms. The summed E-state index contributed by atoms with van der Waals surface area (Å²) in [5, 5.41) is 5.17. The van der Waals surface area contributed by atoms with Gasteiger partial charge in [0, 0.05) is 12.1 Å². The number of benzene rings is 7. The van der Waals surface area contributed by atoms with E-state index < -0.39 is 6.17 Å². The molecule has 0 aromatic heterocycles. The van der Waals surface area contributed by atoms with Crippen LogP contribution >= 0.6 is 0 Å². The summed E-state index contributed by atoms with van der Waals surface area (Å²) in [4.78, 5) is 9.90. The van der Waals surface area contributed by atoms with Crippen LogP contribution in [0.15, 0.2) is 174 Å². The highest BCUT2D eigenvalue weighted by Crippen LogP contribution is 2.39. The van der Waals surface area contributed by atoms with Gasteiger partial charge < -0.3 is 5.73 Å². The zero-order valence-electron chi connectivity index (χ0n) is 28.7. The summed E-state index contributed by atoms with van der Waals surface area (Å²) >= 11 is 0. The van der Waals surface area contributed by atoms with E-state index in [4.69, 9.17) is 15.7 Å². The molecule has 7 aromatic carbocycles. The van der Waals surface area contributed by atoms with E-state index in [0.29, 0.717) is 12.3 Å². The van der Waals surface area contributed by atoms with Crippen LogP contribution in [0, 0.1) is 0 Å². The smallest absolute Gasteiger partial charge is 0.130 e. The molecule has 3 nitrogen and oxygen atoms in total. The molecule has 1 aliphatic rings. The molecule has 246 valence electrons. The molecule has 8 rings (SSSR count). The van der Waals surface area contributed by atoms with Gasteiger partial charge >= 0.3 is 0 Å². The average molecular weight is 658 g/mol. The van der Waals surface area contributed by atoms with Crippen molar-refractivity contribution in [1.29, 1.82) is 0 Å². The molecule has 0 heterocycles. The van der Waals surface area contributed by atoms with Gasteiger partial charge in [-0.3, -0.25) is 0 Å². The van der Waals surface area contributed by atoms with Crippen LogP contribution in [0.5, 0.6) is 0 Å². The Morgan fingerprint density at radius 2 is 1.22 bits per heavy atom. The second-order valence-electron chi connectivity index (χ2n) is 13.1. The van der Waals surface area contributed by atoms with E-state index in [1.54, 1.807) is 0 Å². The molecule has 0 fully saturated rings. The van der Waals surface area contributed by atoms with E-state index in [9.17, 15) is 0 Å². The molecule has 0 aliphatic heterocycles. The van der Waals surface area contributed by atoms with E-state index in [-0.39, 0.29) is 0 Å². The van der Waals surface area contributed by atoms with Crippen LogP contribution in [-0.2, 0) is 6.42 Å². The van der Waals surface area contributed by atoms with E-state index in [2.05, 4.69) is 140 Å². The van der Waals surface area contributed by atoms with Gasteiger partial charge in [-0.25, -0.2) is 9.98 Å². The Morgan fingerprint density at radius 3 is 1.92 bits per heavy atom. The molecule has 1 aliphatic carbocycles. The number of rotatable bonds is 7. The quantitative estimate of drug-likeness (QED) is 0.103. The van der Waals surface area contributed by atoms with Gasteiger partial charge in [-0.1, -0.05) is 164 Å². The van der Waals surface area contributed by atoms with Gasteiger partial charge in [0.05, 0.1) is 0 Å². The van der Waals surface area contributed by atoms with Crippen LogP contribution in [-0.4, -0.2) is 11.5 Å². The zero-order chi connectivity index (χ0) is 34.6. The second kappa shape index (κ2) is 14.4. The first kappa shape index (κ1) is 32.1. The van der Waals surface area contributed by atoms with Gasteiger partial charge in [0.25, 0.3) is 0 Å². The Kier molecular flexibility index (Phi) is 9.03. The Hall–Kier alpha value is -6.16. The largest absolute Gasteiger partial charge is 0.306 e. The number of allylic oxidation sites excluding steroid dienone is 2. The van der Waals surface area contributed by atoms with Crippen molar-refractivity contribution in [2.24, 2.45) is 15.7 Å². The highest BCUT2D eigenvalue weighted by atomic mass is 15.0. The third-order valence-electron chi connectivity index (χ3n) is 9.76. The normalized spacial score (nSPS) is 13.9. The second-order valence-corrected chi connectivity index (χ2v) is 13.1. The van der Waals surface area contributed by atoms with Crippen molar-refractivity contribution in [2.45, 2.75) is 25.9 Å². The van der Waals surface area contributed by atoms with Crippen molar-refractivity contribution in [3.05, 3.63) is 197 Å². The average Bonchev–Trinajstić information content (AvgIpc) is 3.43. The van der Waals surface area contributed by atoms with Crippen LogP contribution < -0.4 is 5.73 Å². The lowest BCUT2D eigenvalue weighted by Gasteiger charge is -2.14. The van der Waals surface area contributed by atoms with Crippen LogP contribution in [0.4, 0.5) is 0 Å². The number of amidine groups is 1. The Balaban J connectivity index is 1.09. The maximum atomic E-state index is 6.73. The predicted molar refractivity (Wildman–Crippen MR) is 218 cm³/mol. The first-order valence-corrected chi connectivity index (χ1v) is 17.6. The van der Waals surface area contributed by atoms with Crippen molar-refractivity contribution >= 4 is 50.8 Å². The lowest BCUT2D eigenvalue weighted by molar-refractivity contribution is 0.771. The lowest BCUT2D eigenvalue weighted by Crippen LogP contribution is -2.13. The number of nitrogens with zero attached hydrogens (tertiary/aromatic N) is 2. The van der Waals surface area contributed by atoms with Gasteiger partial charge in [0.2, 0.25) is 0 Å². The van der Waals surface area contributed by atoms with E-state index in [1.165, 1.54) is 49.4 Å². The third kappa shape index (κ3) is 6.85. The van der Waals surface area contributed by atoms with Crippen LogP contribution in [0.25, 0.3) is 50.4 Å². The topological polar surface area (TPSA) is 50.7 Å². The first-order chi connectivity index (χ1) is 25.1. The number of aliphatic imine (C=N–C) groups is 2. The summed E-state index contributed by atoms with van der Waals surface area (Å²) in [5.41, 5.74) is 18.2. The maximum absolute atomic E-state index is 6.73. The summed E-state index contributed by atoms with van der Waals surface area (Å²) in [6.07, 6.45) is 7.94. The van der Waals surface area contributed by atoms with Crippen molar-refractivity contribution in [3.63, 3.8) is 0 Å². The summed E-state index contributed by atoms with van der Waals surface area (Å²) in [6, 6.07) is 55.4. The number of hydrogen-bond acceptors (Lipinski definition) is 2. The summed E-state index contributed by atoms with van der Waals surface area (Å²) < 4.78 is 0. The van der Waals surface area contributed by atoms with Gasteiger partial charge in [-0.05, 0) is 97.1 Å². The van der Waals surface area contributed by atoms with Crippen LogP contribution in [0.2, 0.25) is 0 Å². The van der Waals surface area contributed by atoms with Gasteiger partial charge in [0.15, 0.2) is 0 Å². The van der Waals surface area contributed by atoms with Crippen LogP contribution in [0.3, 0.4) is 0 Å². The molecule has 0 saturated carbocycles. The van der Waals surface area contributed by atoms with E-state index >= 15 is 0 Å². The van der Waals surface area contributed by atoms with Crippen molar-refractivity contribution in [3.8, 4) is 11.1 Å². The fourth-order valence-electron chi connectivity index (χ4n) is 7.11. The number of fused-ring (bicyclic) bond motifs is 6. The summed E-state index contributed by atoms with van der Waals surface area (Å²) in [6.45, 7) is 2.02. The van der Waals surface area contributed by atoms with Gasteiger partial charge in [-0.2, -0.15) is 0 Å². The molecule has 7 aromatic rings.